The van der Waals surface area contributed by atoms with E-state index in [1.807, 2.05) is 14.1 Å². The summed E-state index contributed by atoms with van der Waals surface area (Å²) in [6.45, 7) is 2.36. The fourth-order valence-electron chi connectivity index (χ4n) is 2.04. The Labute approximate surface area is 109 Å². The Kier molecular flexibility index (Phi) is 5.55. The minimum Gasteiger partial charge on any atom is -0.350 e. The first-order valence-corrected chi connectivity index (χ1v) is 8.17. The Morgan fingerprint density at radius 1 is 1.44 bits per heavy atom. The van der Waals surface area contributed by atoms with E-state index in [2.05, 4.69) is 5.32 Å². The molecule has 0 aromatic heterocycles. The van der Waals surface area contributed by atoms with Crippen molar-refractivity contribution in [1.29, 1.82) is 0 Å². The highest BCUT2D eigenvalue weighted by atomic mass is 32.2. The number of amides is 1. The normalized spacial score (nSPS) is 22.1. The second-order valence-electron chi connectivity index (χ2n) is 5.21. The first kappa shape index (κ1) is 15.4. The van der Waals surface area contributed by atoms with Crippen LogP contribution in [0, 0.1) is 5.92 Å². The summed E-state index contributed by atoms with van der Waals surface area (Å²) in [7, 11) is 0.875. The van der Waals surface area contributed by atoms with Gasteiger partial charge in [0.25, 0.3) is 0 Å². The summed E-state index contributed by atoms with van der Waals surface area (Å²) in [5.41, 5.74) is 0. The quantitative estimate of drug-likeness (QED) is 0.606. The Bertz CT molecular complexity index is 381. The van der Waals surface area contributed by atoms with Gasteiger partial charge >= 0.3 is 0 Å². The van der Waals surface area contributed by atoms with Gasteiger partial charge in [-0.1, -0.05) is 0 Å². The van der Waals surface area contributed by atoms with Crippen LogP contribution in [0.2, 0.25) is 0 Å². The lowest BCUT2D eigenvalue weighted by molar-refractivity contribution is -0.856. The number of sulfonamides is 1. The summed E-state index contributed by atoms with van der Waals surface area (Å²) in [5.74, 6) is -0.227. The van der Waals surface area contributed by atoms with Crippen LogP contribution in [0.3, 0.4) is 0 Å². The molecule has 0 radical (unpaired) electrons. The van der Waals surface area contributed by atoms with E-state index in [9.17, 15) is 13.2 Å². The average molecular weight is 278 g/mol. The minimum atomic E-state index is -3.18. The number of hydrogen-bond acceptors (Lipinski definition) is 3. The number of nitrogens with zero attached hydrogens (tertiary/aromatic N) is 1. The Morgan fingerprint density at radius 2 is 2.11 bits per heavy atom. The molecule has 2 N–H and O–H groups in total. The van der Waals surface area contributed by atoms with Gasteiger partial charge < -0.3 is 10.2 Å². The molecule has 1 aliphatic rings. The summed E-state index contributed by atoms with van der Waals surface area (Å²) < 4.78 is 24.3. The first-order valence-electron chi connectivity index (χ1n) is 6.32. The molecule has 0 spiro atoms. The number of nitrogens with one attached hydrogen (secondary N) is 2. The number of piperidine rings is 1. The molecule has 1 fully saturated rings. The summed E-state index contributed by atoms with van der Waals surface area (Å²) in [6.07, 6.45) is 2.72. The standard InChI is InChI=1S/C11H23N3O3S/c1-13(2)8-6-12-11(15)10-5-4-7-14(9-10)18(3,16)17/h10H,4-9H2,1-3H3,(H,12,15)/p+1. The van der Waals surface area contributed by atoms with Gasteiger partial charge in [0, 0.05) is 13.1 Å². The number of likely N-dealkylation sites (N-methyl/N-ethyl adjacent to an activating group) is 1. The molecule has 106 valence electrons. The third-order valence-corrected chi connectivity index (χ3v) is 4.42. The molecule has 1 aliphatic heterocycles. The number of rotatable bonds is 5. The molecule has 1 unspecified atom stereocenters. The van der Waals surface area contributed by atoms with Crippen LogP contribution >= 0.6 is 0 Å². The Hall–Kier alpha value is -0.660. The molecule has 1 amide bonds. The van der Waals surface area contributed by atoms with E-state index in [1.54, 1.807) is 0 Å². The van der Waals surface area contributed by atoms with Gasteiger partial charge in [-0.05, 0) is 12.8 Å². The van der Waals surface area contributed by atoms with Gasteiger partial charge in [-0.15, -0.1) is 0 Å². The van der Waals surface area contributed by atoms with Gasteiger partial charge in [0.2, 0.25) is 15.9 Å². The molecule has 1 rings (SSSR count). The third kappa shape index (κ3) is 4.91. The zero-order chi connectivity index (χ0) is 13.8. The summed E-state index contributed by atoms with van der Waals surface area (Å²) in [4.78, 5) is 13.2. The first-order chi connectivity index (χ1) is 8.30. The van der Waals surface area contributed by atoms with Crippen molar-refractivity contribution in [3.8, 4) is 0 Å². The summed E-state index contributed by atoms with van der Waals surface area (Å²) in [6, 6.07) is 0. The molecule has 0 saturated carbocycles. The Balaban J connectivity index is 2.44. The maximum absolute atomic E-state index is 11.9. The van der Waals surface area contributed by atoms with Gasteiger partial charge in [0.15, 0.2) is 0 Å². The Morgan fingerprint density at radius 3 is 2.67 bits per heavy atom. The van der Waals surface area contributed by atoms with Crippen molar-refractivity contribution in [2.45, 2.75) is 12.8 Å². The van der Waals surface area contributed by atoms with E-state index >= 15 is 0 Å². The van der Waals surface area contributed by atoms with Gasteiger partial charge in [0.05, 0.1) is 39.4 Å². The summed E-state index contributed by atoms with van der Waals surface area (Å²) in [5, 5.41) is 2.87. The maximum atomic E-state index is 11.9. The third-order valence-electron chi connectivity index (χ3n) is 3.15. The number of hydrogen-bond donors (Lipinski definition) is 2. The lowest BCUT2D eigenvalue weighted by Gasteiger charge is -2.30. The fourth-order valence-corrected chi connectivity index (χ4v) is 2.95. The van der Waals surface area contributed by atoms with E-state index in [1.165, 1.54) is 15.5 Å². The predicted octanol–water partition coefficient (Wildman–Crippen LogP) is -2.08. The zero-order valence-electron chi connectivity index (χ0n) is 11.4. The fraction of sp³-hybridized carbons (Fsp3) is 0.909. The smallest absolute Gasteiger partial charge is 0.224 e. The number of carbonyl (C=O) groups excluding carboxylic acids is 1. The van der Waals surface area contributed by atoms with Crippen LogP contribution < -0.4 is 10.2 Å². The molecule has 7 heteroatoms. The van der Waals surface area contributed by atoms with Gasteiger partial charge in [-0.2, -0.15) is 0 Å². The maximum Gasteiger partial charge on any atom is 0.224 e. The van der Waals surface area contributed by atoms with E-state index in [-0.39, 0.29) is 11.8 Å². The molecule has 0 bridgehead atoms. The molecule has 18 heavy (non-hydrogen) atoms. The predicted molar refractivity (Wildman–Crippen MR) is 69.8 cm³/mol. The minimum absolute atomic E-state index is 0.0235. The van der Waals surface area contributed by atoms with Gasteiger partial charge in [-0.3, -0.25) is 4.79 Å². The van der Waals surface area contributed by atoms with Crippen LogP contribution in [-0.2, 0) is 14.8 Å². The highest BCUT2D eigenvalue weighted by molar-refractivity contribution is 7.88. The van der Waals surface area contributed by atoms with Crippen molar-refractivity contribution in [1.82, 2.24) is 9.62 Å². The van der Waals surface area contributed by atoms with E-state index in [4.69, 9.17) is 0 Å². The number of quaternary nitrogens is 1. The lowest BCUT2D eigenvalue weighted by atomic mass is 9.99. The monoisotopic (exact) mass is 278 g/mol. The second-order valence-corrected chi connectivity index (χ2v) is 7.19. The zero-order valence-corrected chi connectivity index (χ0v) is 12.2. The van der Waals surface area contributed by atoms with E-state index in [0.717, 1.165) is 19.4 Å². The van der Waals surface area contributed by atoms with Crippen molar-refractivity contribution >= 4 is 15.9 Å². The summed E-state index contributed by atoms with van der Waals surface area (Å²) >= 11 is 0. The van der Waals surface area contributed by atoms with Crippen LogP contribution in [0.4, 0.5) is 0 Å². The molecule has 1 saturated heterocycles. The van der Waals surface area contributed by atoms with Crippen molar-refractivity contribution in [2.24, 2.45) is 5.92 Å². The van der Waals surface area contributed by atoms with Crippen LogP contribution in [0.5, 0.6) is 0 Å². The van der Waals surface area contributed by atoms with Gasteiger partial charge in [0.1, 0.15) is 0 Å². The lowest BCUT2D eigenvalue weighted by Crippen LogP contribution is -3.06. The van der Waals surface area contributed by atoms with Crippen molar-refractivity contribution in [3.63, 3.8) is 0 Å². The van der Waals surface area contributed by atoms with Crippen molar-refractivity contribution in [2.75, 3.05) is 46.5 Å². The largest absolute Gasteiger partial charge is 0.350 e. The van der Waals surface area contributed by atoms with Crippen LogP contribution in [0.25, 0.3) is 0 Å². The van der Waals surface area contributed by atoms with Crippen LogP contribution in [-0.4, -0.2) is 65.2 Å². The van der Waals surface area contributed by atoms with Crippen LogP contribution in [0.1, 0.15) is 12.8 Å². The van der Waals surface area contributed by atoms with E-state index in [0.29, 0.717) is 19.6 Å². The molecule has 0 aromatic carbocycles. The molecule has 0 aliphatic carbocycles. The molecule has 1 heterocycles. The van der Waals surface area contributed by atoms with Gasteiger partial charge in [-0.25, -0.2) is 12.7 Å². The highest BCUT2D eigenvalue weighted by Gasteiger charge is 2.29. The van der Waals surface area contributed by atoms with Crippen molar-refractivity contribution in [3.05, 3.63) is 0 Å². The molecule has 6 nitrogen and oxygen atoms in total. The number of carbonyl (C=O) groups is 1. The van der Waals surface area contributed by atoms with E-state index < -0.39 is 10.0 Å². The molecular formula is C11H24N3O3S+. The van der Waals surface area contributed by atoms with Crippen LogP contribution in [0.15, 0.2) is 0 Å². The second kappa shape index (κ2) is 6.49. The average Bonchev–Trinajstić information content (AvgIpc) is 2.27. The molecule has 0 aromatic rings. The topological polar surface area (TPSA) is 70.9 Å². The van der Waals surface area contributed by atoms with Crippen molar-refractivity contribution < 1.29 is 18.1 Å². The molecule has 1 atom stereocenters. The SMILES string of the molecule is C[NH+](C)CCNC(=O)C1CCCN(S(C)(=O)=O)C1. The molecular weight excluding hydrogens is 254 g/mol. The highest BCUT2D eigenvalue weighted by Crippen LogP contribution is 2.18.